The molecule has 0 saturated carbocycles. The van der Waals surface area contributed by atoms with Crippen LogP contribution in [0.1, 0.15) is 22.3 Å². The van der Waals surface area contributed by atoms with Crippen LogP contribution in [0.3, 0.4) is 0 Å². The van der Waals surface area contributed by atoms with Crippen molar-refractivity contribution in [2.75, 3.05) is 20.1 Å². The van der Waals surface area contributed by atoms with Crippen molar-refractivity contribution in [3.05, 3.63) is 29.3 Å². The van der Waals surface area contributed by atoms with Crippen molar-refractivity contribution in [1.82, 2.24) is 0 Å². The zero-order chi connectivity index (χ0) is 12.7. The molecule has 1 aromatic carbocycles. The monoisotopic (exact) mass is 252 g/mol. The van der Waals surface area contributed by atoms with E-state index in [0.29, 0.717) is 23.6 Å². The lowest BCUT2D eigenvalue weighted by atomic mass is 10.1. The summed E-state index contributed by atoms with van der Waals surface area (Å²) in [5.41, 5.74) is 1.16. The van der Waals surface area contributed by atoms with Crippen LogP contribution in [-0.4, -0.2) is 26.1 Å². The Balaban J connectivity index is 3.02. The average Bonchev–Trinajstić information content (AvgIpc) is 2.38. The first-order chi connectivity index (χ1) is 8.22. The van der Waals surface area contributed by atoms with Crippen molar-refractivity contribution in [3.8, 4) is 17.6 Å². The molecule has 0 fully saturated rings. The predicted molar refractivity (Wildman–Crippen MR) is 66.5 cm³/mol. The molecular weight excluding hydrogens is 240 g/mol. The van der Waals surface area contributed by atoms with E-state index >= 15 is 0 Å². The van der Waals surface area contributed by atoms with Gasteiger partial charge in [-0.25, -0.2) is 4.79 Å². The fourth-order valence-corrected chi connectivity index (χ4v) is 1.34. The summed E-state index contributed by atoms with van der Waals surface area (Å²) in [6.45, 7) is 0. The molecule has 0 aliphatic heterocycles. The number of methoxy groups -OCH3 is 2. The lowest BCUT2D eigenvalue weighted by Gasteiger charge is -2.05. The Morgan fingerprint density at radius 2 is 2.18 bits per heavy atom. The van der Waals surface area contributed by atoms with Crippen molar-refractivity contribution in [1.29, 1.82) is 0 Å². The minimum absolute atomic E-state index is 0.399. The molecule has 0 aliphatic rings. The fraction of sp³-hybridized carbons (Fsp3) is 0.308. The van der Waals surface area contributed by atoms with Gasteiger partial charge in [-0.15, -0.1) is 11.6 Å². The van der Waals surface area contributed by atoms with Crippen LogP contribution in [0.15, 0.2) is 18.2 Å². The van der Waals surface area contributed by atoms with Crippen LogP contribution < -0.4 is 4.74 Å². The third-order valence-electron chi connectivity index (χ3n) is 2.07. The van der Waals surface area contributed by atoms with Gasteiger partial charge in [0.2, 0.25) is 0 Å². The first kappa shape index (κ1) is 13.4. The molecule has 0 unspecified atom stereocenters. The van der Waals surface area contributed by atoms with Gasteiger partial charge in [-0.05, 0) is 18.2 Å². The highest BCUT2D eigenvalue weighted by Crippen LogP contribution is 2.19. The molecule has 0 saturated heterocycles. The molecule has 0 N–H and O–H groups in total. The highest BCUT2D eigenvalue weighted by molar-refractivity contribution is 6.18. The molecule has 0 amide bonds. The smallest absolute Gasteiger partial charge is 0.337 e. The maximum Gasteiger partial charge on any atom is 0.337 e. The SMILES string of the molecule is COC(=O)c1ccc(C#CCCCl)c(OC)c1. The zero-order valence-corrected chi connectivity index (χ0v) is 10.5. The molecule has 0 heterocycles. The second-order valence-corrected chi connectivity index (χ2v) is 3.53. The van der Waals surface area contributed by atoms with Crippen molar-refractivity contribution in [3.63, 3.8) is 0 Å². The number of rotatable bonds is 3. The van der Waals surface area contributed by atoms with Crippen LogP contribution in [0.5, 0.6) is 5.75 Å². The van der Waals surface area contributed by atoms with Gasteiger partial charge < -0.3 is 9.47 Å². The van der Waals surface area contributed by atoms with E-state index < -0.39 is 5.97 Å². The average molecular weight is 253 g/mol. The summed E-state index contributed by atoms with van der Waals surface area (Å²) in [4.78, 5) is 11.3. The van der Waals surface area contributed by atoms with Gasteiger partial charge in [-0.2, -0.15) is 0 Å². The first-order valence-corrected chi connectivity index (χ1v) is 5.57. The lowest BCUT2D eigenvalue weighted by molar-refractivity contribution is 0.0600. The molecule has 1 rings (SSSR count). The summed E-state index contributed by atoms with van der Waals surface area (Å²) in [5, 5.41) is 0. The molecule has 0 aliphatic carbocycles. The maximum absolute atomic E-state index is 11.3. The Hall–Kier alpha value is -1.66. The summed E-state index contributed by atoms with van der Waals surface area (Å²) in [6, 6.07) is 4.99. The molecule has 90 valence electrons. The van der Waals surface area contributed by atoms with Crippen molar-refractivity contribution in [2.24, 2.45) is 0 Å². The van der Waals surface area contributed by atoms with E-state index in [4.69, 9.17) is 16.3 Å². The van der Waals surface area contributed by atoms with Crippen LogP contribution in [0.2, 0.25) is 0 Å². The first-order valence-electron chi connectivity index (χ1n) is 5.04. The predicted octanol–water partition coefficient (Wildman–Crippen LogP) is 2.46. The molecular formula is C13H13ClO3. The Bertz CT molecular complexity index is 457. The van der Waals surface area contributed by atoms with Crippen molar-refractivity contribution in [2.45, 2.75) is 6.42 Å². The summed E-state index contributed by atoms with van der Waals surface area (Å²) < 4.78 is 9.79. The summed E-state index contributed by atoms with van der Waals surface area (Å²) in [5.74, 6) is 6.50. The second-order valence-electron chi connectivity index (χ2n) is 3.15. The van der Waals surface area contributed by atoms with Gasteiger partial charge in [0.05, 0.1) is 25.3 Å². The molecule has 17 heavy (non-hydrogen) atoms. The topological polar surface area (TPSA) is 35.5 Å². The van der Waals surface area contributed by atoms with Gasteiger partial charge in [0, 0.05) is 12.3 Å². The normalized spacial score (nSPS) is 9.12. The van der Waals surface area contributed by atoms with Crippen molar-refractivity contribution >= 4 is 17.6 Å². The summed E-state index contributed by atoms with van der Waals surface area (Å²) in [7, 11) is 2.87. The summed E-state index contributed by atoms with van der Waals surface area (Å²) in [6.07, 6.45) is 0.615. The number of alkyl halides is 1. The lowest BCUT2D eigenvalue weighted by Crippen LogP contribution is -2.02. The van der Waals surface area contributed by atoms with E-state index in [2.05, 4.69) is 16.6 Å². The minimum Gasteiger partial charge on any atom is -0.495 e. The molecule has 0 bridgehead atoms. The van der Waals surface area contributed by atoms with Crippen molar-refractivity contribution < 1.29 is 14.3 Å². The third-order valence-corrected chi connectivity index (χ3v) is 2.25. The summed E-state index contributed by atoms with van der Waals surface area (Å²) >= 11 is 5.53. The third kappa shape index (κ3) is 3.69. The highest BCUT2D eigenvalue weighted by atomic mass is 35.5. The van der Waals surface area contributed by atoms with E-state index in [-0.39, 0.29) is 0 Å². The van der Waals surface area contributed by atoms with Gasteiger partial charge in [0.1, 0.15) is 5.75 Å². The molecule has 4 heteroatoms. The zero-order valence-electron chi connectivity index (χ0n) is 9.75. The van der Waals surface area contributed by atoms with E-state index in [0.717, 1.165) is 5.56 Å². The maximum atomic E-state index is 11.3. The van der Waals surface area contributed by atoms with Gasteiger partial charge in [-0.1, -0.05) is 11.8 Å². The molecule has 1 aromatic rings. The van der Waals surface area contributed by atoms with E-state index in [1.165, 1.54) is 14.2 Å². The number of hydrogen-bond acceptors (Lipinski definition) is 3. The Labute approximate surface area is 106 Å². The number of carbonyl (C=O) groups excluding carboxylic acids is 1. The number of hydrogen-bond donors (Lipinski definition) is 0. The van der Waals surface area contributed by atoms with Crippen LogP contribution in [0.25, 0.3) is 0 Å². The van der Waals surface area contributed by atoms with Gasteiger partial charge in [0.15, 0.2) is 0 Å². The molecule has 0 radical (unpaired) electrons. The number of ether oxygens (including phenoxy) is 2. The largest absolute Gasteiger partial charge is 0.495 e. The van der Waals surface area contributed by atoms with E-state index in [1.807, 2.05) is 0 Å². The molecule has 0 aromatic heterocycles. The number of carbonyl (C=O) groups is 1. The number of halogens is 1. The van der Waals surface area contributed by atoms with Crippen LogP contribution >= 0.6 is 11.6 Å². The van der Waals surface area contributed by atoms with Crippen LogP contribution in [-0.2, 0) is 4.74 Å². The standard InChI is InChI=1S/C13H13ClO3/c1-16-12-9-11(13(15)17-2)7-6-10(12)5-3-4-8-14/h6-7,9H,4,8H2,1-2H3. The van der Waals surface area contributed by atoms with Crippen LogP contribution in [0.4, 0.5) is 0 Å². The van der Waals surface area contributed by atoms with E-state index in [1.54, 1.807) is 18.2 Å². The van der Waals surface area contributed by atoms with Gasteiger partial charge in [-0.3, -0.25) is 0 Å². The van der Waals surface area contributed by atoms with Gasteiger partial charge in [0.25, 0.3) is 0 Å². The Morgan fingerprint density at radius 3 is 2.76 bits per heavy atom. The van der Waals surface area contributed by atoms with Crippen LogP contribution in [0, 0.1) is 11.8 Å². The molecule has 0 spiro atoms. The van der Waals surface area contributed by atoms with Gasteiger partial charge >= 0.3 is 5.97 Å². The molecule has 0 atom stereocenters. The Kier molecular flexibility index (Phi) is 5.38. The minimum atomic E-state index is -0.399. The quantitative estimate of drug-likeness (QED) is 0.471. The fourth-order valence-electron chi connectivity index (χ4n) is 1.24. The van der Waals surface area contributed by atoms with E-state index in [9.17, 15) is 4.79 Å². The number of benzene rings is 1. The Morgan fingerprint density at radius 1 is 1.41 bits per heavy atom. The highest BCUT2D eigenvalue weighted by Gasteiger charge is 2.08. The molecule has 3 nitrogen and oxygen atoms in total. The second kappa shape index (κ2) is 6.82. The number of esters is 1.